The van der Waals surface area contributed by atoms with E-state index in [1.165, 1.54) is 0 Å². The van der Waals surface area contributed by atoms with Gasteiger partial charge >= 0.3 is 0 Å². The van der Waals surface area contributed by atoms with E-state index in [1.807, 2.05) is 12.1 Å². The van der Waals surface area contributed by atoms with Crippen molar-refractivity contribution in [1.29, 1.82) is 0 Å². The molecule has 0 spiro atoms. The number of methoxy groups -OCH3 is 1. The highest BCUT2D eigenvalue weighted by Gasteiger charge is 2.17. The fourth-order valence-corrected chi connectivity index (χ4v) is 2.82. The number of benzene rings is 2. The fourth-order valence-electron chi connectivity index (χ4n) is 2.21. The van der Waals surface area contributed by atoms with Crippen LogP contribution in [-0.4, -0.2) is 27.3 Å². The largest absolute Gasteiger partial charge is 0.496 e. The lowest BCUT2D eigenvalue weighted by Gasteiger charge is -2.11. The Balaban J connectivity index is 2.05. The van der Waals surface area contributed by atoms with Crippen LogP contribution in [-0.2, 0) is 6.54 Å². The molecule has 0 fully saturated rings. The number of ether oxygens (including phenoxy) is 1. The van der Waals surface area contributed by atoms with Crippen molar-refractivity contribution in [3.05, 3.63) is 57.0 Å². The summed E-state index contributed by atoms with van der Waals surface area (Å²) in [7, 11) is 1.59. The highest BCUT2D eigenvalue weighted by atomic mass is 35.5. The standard InChI is InChI=1S/C15H11Cl3N4O/c1-23-13-7-3-5-11(16)10(13)8-22-15(19-20-21-22)9-4-2-6-12(17)14(9)18/h2-7H,8H2,1H3. The third-order valence-electron chi connectivity index (χ3n) is 3.33. The maximum absolute atomic E-state index is 6.27. The lowest BCUT2D eigenvalue weighted by atomic mass is 10.1. The Kier molecular flexibility index (Phi) is 4.71. The molecule has 0 aliphatic rings. The Bertz CT molecular complexity index is 850. The molecule has 1 aromatic heterocycles. The first-order valence-electron chi connectivity index (χ1n) is 6.63. The van der Waals surface area contributed by atoms with E-state index in [1.54, 1.807) is 36.1 Å². The van der Waals surface area contributed by atoms with Crippen LogP contribution in [0.15, 0.2) is 36.4 Å². The lowest BCUT2D eigenvalue weighted by Crippen LogP contribution is -2.06. The van der Waals surface area contributed by atoms with Crippen molar-refractivity contribution in [3.8, 4) is 17.1 Å². The van der Waals surface area contributed by atoms with E-state index in [9.17, 15) is 0 Å². The molecule has 0 saturated carbocycles. The van der Waals surface area contributed by atoms with E-state index in [2.05, 4.69) is 15.5 Å². The minimum absolute atomic E-state index is 0.341. The molecule has 118 valence electrons. The van der Waals surface area contributed by atoms with Crippen LogP contribution in [0.5, 0.6) is 5.75 Å². The zero-order valence-corrected chi connectivity index (χ0v) is 14.3. The van der Waals surface area contributed by atoms with Gasteiger partial charge in [-0.15, -0.1) is 5.10 Å². The Morgan fingerprint density at radius 1 is 1.04 bits per heavy atom. The predicted octanol–water partition coefficient (Wildman–Crippen LogP) is 4.36. The molecule has 0 bridgehead atoms. The molecule has 3 rings (SSSR count). The Labute approximate surface area is 147 Å². The summed E-state index contributed by atoms with van der Waals surface area (Å²) in [6, 6.07) is 10.7. The summed E-state index contributed by atoms with van der Waals surface area (Å²) in [5, 5.41) is 13.2. The number of rotatable bonds is 4. The molecule has 0 aliphatic heterocycles. The van der Waals surface area contributed by atoms with Crippen molar-refractivity contribution in [2.24, 2.45) is 0 Å². The molecule has 0 unspecified atom stereocenters. The van der Waals surface area contributed by atoms with Gasteiger partial charge in [-0.3, -0.25) is 0 Å². The van der Waals surface area contributed by atoms with Crippen LogP contribution >= 0.6 is 34.8 Å². The summed E-state index contributed by atoms with van der Waals surface area (Å²) >= 11 is 18.6. The smallest absolute Gasteiger partial charge is 0.183 e. The van der Waals surface area contributed by atoms with Gasteiger partial charge in [0.2, 0.25) is 0 Å². The lowest BCUT2D eigenvalue weighted by molar-refractivity contribution is 0.407. The molecule has 0 saturated heterocycles. The highest BCUT2D eigenvalue weighted by Crippen LogP contribution is 2.33. The van der Waals surface area contributed by atoms with Crippen LogP contribution in [0, 0.1) is 0 Å². The predicted molar refractivity (Wildman–Crippen MR) is 90.4 cm³/mol. The molecular weight excluding hydrogens is 359 g/mol. The van der Waals surface area contributed by atoms with Gasteiger partial charge in [0, 0.05) is 16.1 Å². The maximum Gasteiger partial charge on any atom is 0.183 e. The molecular formula is C15H11Cl3N4O. The fraction of sp³-hybridized carbons (Fsp3) is 0.133. The Morgan fingerprint density at radius 2 is 1.78 bits per heavy atom. The van der Waals surface area contributed by atoms with Crippen LogP contribution in [0.3, 0.4) is 0 Å². The Morgan fingerprint density at radius 3 is 2.57 bits per heavy atom. The molecule has 0 atom stereocenters. The van der Waals surface area contributed by atoms with E-state index in [0.717, 1.165) is 5.56 Å². The molecule has 0 radical (unpaired) electrons. The van der Waals surface area contributed by atoms with Gasteiger partial charge < -0.3 is 4.74 Å². The molecule has 1 heterocycles. The van der Waals surface area contributed by atoms with Crippen LogP contribution < -0.4 is 4.74 Å². The summed E-state index contributed by atoms with van der Waals surface area (Å²) < 4.78 is 6.95. The number of halogens is 3. The van der Waals surface area contributed by atoms with E-state index < -0.39 is 0 Å². The normalized spacial score (nSPS) is 10.8. The molecule has 5 nitrogen and oxygen atoms in total. The molecule has 2 aromatic carbocycles. The number of aromatic nitrogens is 4. The molecule has 8 heteroatoms. The van der Waals surface area contributed by atoms with E-state index in [-0.39, 0.29) is 0 Å². The molecule has 3 aromatic rings. The van der Waals surface area contributed by atoms with E-state index >= 15 is 0 Å². The van der Waals surface area contributed by atoms with Gasteiger partial charge in [0.15, 0.2) is 5.82 Å². The van der Waals surface area contributed by atoms with Crippen molar-refractivity contribution in [3.63, 3.8) is 0 Å². The van der Waals surface area contributed by atoms with Crippen molar-refractivity contribution >= 4 is 34.8 Å². The molecule has 0 N–H and O–H groups in total. The SMILES string of the molecule is COc1cccc(Cl)c1Cn1nnnc1-c1cccc(Cl)c1Cl. The first-order chi connectivity index (χ1) is 11.1. The van der Waals surface area contributed by atoms with E-state index in [0.29, 0.717) is 38.8 Å². The Hall–Kier alpha value is -1.82. The number of tetrazole rings is 1. The second kappa shape index (κ2) is 6.74. The van der Waals surface area contributed by atoms with Crippen molar-refractivity contribution in [2.75, 3.05) is 7.11 Å². The quantitative estimate of drug-likeness (QED) is 0.686. The topological polar surface area (TPSA) is 52.8 Å². The van der Waals surface area contributed by atoms with Crippen molar-refractivity contribution in [2.45, 2.75) is 6.54 Å². The summed E-state index contributed by atoms with van der Waals surface area (Å²) in [5.41, 5.74) is 1.43. The van der Waals surface area contributed by atoms with Crippen LogP contribution in [0.1, 0.15) is 5.56 Å². The zero-order chi connectivity index (χ0) is 16.4. The van der Waals surface area contributed by atoms with Gasteiger partial charge in [0.25, 0.3) is 0 Å². The third kappa shape index (κ3) is 3.13. The zero-order valence-electron chi connectivity index (χ0n) is 12.0. The minimum Gasteiger partial charge on any atom is -0.496 e. The van der Waals surface area contributed by atoms with Crippen LogP contribution in [0.25, 0.3) is 11.4 Å². The monoisotopic (exact) mass is 368 g/mol. The average Bonchev–Trinajstić information content (AvgIpc) is 3.00. The van der Waals surface area contributed by atoms with Crippen LogP contribution in [0.2, 0.25) is 15.1 Å². The first-order valence-corrected chi connectivity index (χ1v) is 7.77. The maximum atomic E-state index is 6.27. The number of hydrogen-bond donors (Lipinski definition) is 0. The van der Waals surface area contributed by atoms with Crippen LogP contribution in [0.4, 0.5) is 0 Å². The summed E-state index contributed by atoms with van der Waals surface area (Å²) in [6.07, 6.45) is 0. The first kappa shape index (κ1) is 16.1. The highest BCUT2D eigenvalue weighted by molar-refractivity contribution is 6.43. The molecule has 0 amide bonds. The van der Waals surface area contributed by atoms with Gasteiger partial charge in [0.05, 0.1) is 23.7 Å². The summed E-state index contributed by atoms with van der Waals surface area (Å²) in [6.45, 7) is 0.341. The second-order valence-electron chi connectivity index (χ2n) is 4.68. The van der Waals surface area contributed by atoms with Crippen molar-refractivity contribution in [1.82, 2.24) is 20.2 Å². The molecule has 23 heavy (non-hydrogen) atoms. The summed E-state index contributed by atoms with van der Waals surface area (Å²) in [5.74, 6) is 1.16. The number of nitrogens with zero attached hydrogens (tertiary/aromatic N) is 4. The number of hydrogen-bond acceptors (Lipinski definition) is 4. The molecule has 0 aliphatic carbocycles. The summed E-state index contributed by atoms with van der Waals surface area (Å²) in [4.78, 5) is 0. The van der Waals surface area contributed by atoms with Gasteiger partial charge in [-0.05, 0) is 34.7 Å². The minimum atomic E-state index is 0.341. The van der Waals surface area contributed by atoms with Gasteiger partial charge in [-0.25, -0.2) is 4.68 Å². The van der Waals surface area contributed by atoms with Gasteiger partial charge in [-0.2, -0.15) is 0 Å². The van der Waals surface area contributed by atoms with Crippen molar-refractivity contribution < 1.29 is 4.74 Å². The average molecular weight is 370 g/mol. The second-order valence-corrected chi connectivity index (χ2v) is 5.87. The van der Waals surface area contributed by atoms with Gasteiger partial charge in [-0.1, -0.05) is 46.9 Å². The van der Waals surface area contributed by atoms with Gasteiger partial charge in [0.1, 0.15) is 5.75 Å². The third-order valence-corrected chi connectivity index (χ3v) is 4.50. The van der Waals surface area contributed by atoms with E-state index in [4.69, 9.17) is 39.5 Å².